The third-order valence-corrected chi connectivity index (χ3v) is 6.60. The zero-order chi connectivity index (χ0) is 21.1. The average Bonchev–Trinajstić information content (AvgIpc) is 3.46. The molecule has 3 aliphatic rings. The van der Waals surface area contributed by atoms with E-state index in [9.17, 15) is 4.79 Å². The van der Waals surface area contributed by atoms with Gasteiger partial charge in [0.2, 0.25) is 0 Å². The summed E-state index contributed by atoms with van der Waals surface area (Å²) in [5, 5.41) is 10.3. The maximum atomic E-state index is 12.9. The van der Waals surface area contributed by atoms with Gasteiger partial charge in [0.05, 0.1) is 18.3 Å². The van der Waals surface area contributed by atoms with Gasteiger partial charge in [-0.05, 0) is 43.4 Å². The van der Waals surface area contributed by atoms with E-state index in [1.165, 1.54) is 18.4 Å². The summed E-state index contributed by atoms with van der Waals surface area (Å²) < 4.78 is 0. The van der Waals surface area contributed by atoms with Crippen molar-refractivity contribution in [1.82, 2.24) is 15.2 Å². The molecular weight excluding hydrogens is 388 g/mol. The first kappa shape index (κ1) is 19.8. The standard InChI is InChI=1S/C24H30N6O/c31-23(26-15-12-18-7-2-1-3-8-18)30-16-13-24(17-30)22(27-19-9-4-5-10-19)28-21-20(29-24)11-6-14-25-21/h1-3,6-8,11,14,19,29H,4-5,9-10,12-13,15-17H2,(H,26,31)(H,25,27,28). The first-order chi connectivity index (χ1) is 15.2. The summed E-state index contributed by atoms with van der Waals surface area (Å²) in [4.78, 5) is 24.4. The lowest BCUT2D eigenvalue weighted by Gasteiger charge is -2.38. The van der Waals surface area contributed by atoms with Gasteiger partial charge in [-0.25, -0.2) is 9.78 Å². The van der Waals surface area contributed by atoms with E-state index in [0.29, 0.717) is 25.7 Å². The number of pyridine rings is 1. The van der Waals surface area contributed by atoms with Crippen molar-refractivity contribution < 1.29 is 4.79 Å². The van der Waals surface area contributed by atoms with E-state index in [2.05, 4.69) is 33.1 Å². The maximum absolute atomic E-state index is 12.9. The van der Waals surface area contributed by atoms with Crippen LogP contribution in [0.5, 0.6) is 0 Å². The van der Waals surface area contributed by atoms with Gasteiger partial charge in [0.25, 0.3) is 0 Å². The second-order valence-corrected chi connectivity index (χ2v) is 8.79. The molecule has 7 heteroatoms. The fourth-order valence-corrected chi connectivity index (χ4v) is 4.87. The molecule has 0 radical (unpaired) electrons. The Morgan fingerprint density at radius 2 is 2.03 bits per heavy atom. The van der Waals surface area contributed by atoms with Crippen molar-refractivity contribution in [2.75, 3.05) is 30.3 Å². The molecule has 3 heterocycles. The van der Waals surface area contributed by atoms with Crippen LogP contribution in [-0.2, 0) is 6.42 Å². The summed E-state index contributed by atoms with van der Waals surface area (Å²) in [7, 11) is 0. The summed E-state index contributed by atoms with van der Waals surface area (Å²) in [6, 6.07) is 14.6. The molecule has 2 aliphatic heterocycles. The molecule has 1 spiro atoms. The fourth-order valence-electron chi connectivity index (χ4n) is 4.87. The molecule has 31 heavy (non-hydrogen) atoms. The molecule has 2 aromatic rings. The number of nitrogens with one attached hydrogen (secondary N) is 3. The van der Waals surface area contributed by atoms with Crippen LogP contribution in [0.3, 0.4) is 0 Å². The third kappa shape index (κ3) is 4.22. The van der Waals surface area contributed by atoms with Crippen LogP contribution in [0.4, 0.5) is 16.3 Å². The lowest BCUT2D eigenvalue weighted by molar-refractivity contribution is 0.208. The molecule has 1 saturated heterocycles. The number of hydrogen-bond acceptors (Lipinski definition) is 4. The molecule has 2 fully saturated rings. The predicted molar refractivity (Wildman–Crippen MR) is 124 cm³/mol. The molecule has 1 aromatic heterocycles. The Kier molecular flexibility index (Phi) is 5.49. The average molecular weight is 419 g/mol. The van der Waals surface area contributed by atoms with Gasteiger partial charge in [0.1, 0.15) is 11.4 Å². The highest BCUT2D eigenvalue weighted by molar-refractivity contribution is 6.09. The summed E-state index contributed by atoms with van der Waals surface area (Å²) in [6.45, 7) is 1.93. The lowest BCUT2D eigenvalue weighted by atomic mass is 9.93. The highest BCUT2D eigenvalue weighted by Crippen LogP contribution is 2.36. The van der Waals surface area contributed by atoms with E-state index in [-0.39, 0.29) is 11.6 Å². The minimum atomic E-state index is -0.380. The monoisotopic (exact) mass is 418 g/mol. The van der Waals surface area contributed by atoms with E-state index in [1.54, 1.807) is 6.20 Å². The van der Waals surface area contributed by atoms with Gasteiger partial charge in [-0.3, -0.25) is 4.99 Å². The van der Waals surface area contributed by atoms with Crippen LogP contribution < -0.4 is 16.0 Å². The Balaban J connectivity index is 1.29. The molecule has 5 rings (SSSR count). The van der Waals surface area contributed by atoms with Crippen molar-refractivity contribution in [2.45, 2.75) is 50.1 Å². The number of amidine groups is 1. The van der Waals surface area contributed by atoms with Crippen molar-refractivity contribution in [3.63, 3.8) is 0 Å². The number of urea groups is 1. The van der Waals surface area contributed by atoms with Gasteiger partial charge in [-0.2, -0.15) is 0 Å². The Bertz CT molecular complexity index is 956. The zero-order valence-corrected chi connectivity index (χ0v) is 17.8. The maximum Gasteiger partial charge on any atom is 0.317 e. The number of hydrogen-bond donors (Lipinski definition) is 3. The molecule has 1 unspecified atom stereocenters. The largest absolute Gasteiger partial charge is 0.368 e. The third-order valence-electron chi connectivity index (χ3n) is 6.60. The predicted octanol–water partition coefficient (Wildman–Crippen LogP) is 3.66. The molecule has 3 N–H and O–H groups in total. The Hall–Kier alpha value is -3.09. The Labute approximate surface area is 183 Å². The van der Waals surface area contributed by atoms with E-state index in [0.717, 1.165) is 43.0 Å². The van der Waals surface area contributed by atoms with Crippen molar-refractivity contribution in [3.05, 3.63) is 54.2 Å². The number of aromatic nitrogens is 1. The molecular formula is C24H30N6O. The molecule has 2 amide bonds. The van der Waals surface area contributed by atoms with Crippen LogP contribution in [0.1, 0.15) is 37.7 Å². The quantitative estimate of drug-likeness (QED) is 0.708. The van der Waals surface area contributed by atoms with Crippen molar-refractivity contribution >= 4 is 23.4 Å². The molecule has 162 valence electrons. The number of fused-ring (bicyclic) bond motifs is 1. The van der Waals surface area contributed by atoms with Crippen LogP contribution in [0, 0.1) is 0 Å². The van der Waals surface area contributed by atoms with Crippen LogP contribution >= 0.6 is 0 Å². The summed E-state index contributed by atoms with van der Waals surface area (Å²) >= 11 is 0. The smallest absolute Gasteiger partial charge is 0.317 e. The number of carbonyl (C=O) groups excluding carboxylic acids is 1. The van der Waals surface area contributed by atoms with Crippen molar-refractivity contribution in [2.24, 2.45) is 4.99 Å². The number of anilines is 2. The van der Waals surface area contributed by atoms with E-state index < -0.39 is 0 Å². The van der Waals surface area contributed by atoms with Crippen LogP contribution in [-0.4, -0.2) is 53.0 Å². The van der Waals surface area contributed by atoms with Gasteiger partial charge < -0.3 is 20.9 Å². The van der Waals surface area contributed by atoms with E-state index in [1.807, 2.05) is 35.2 Å². The minimum Gasteiger partial charge on any atom is -0.368 e. The summed E-state index contributed by atoms with van der Waals surface area (Å²) in [5.74, 6) is 1.75. The molecule has 1 atom stereocenters. The summed E-state index contributed by atoms with van der Waals surface area (Å²) in [5.41, 5.74) is 1.82. The molecule has 0 bridgehead atoms. The summed E-state index contributed by atoms with van der Waals surface area (Å²) in [6.07, 6.45) is 8.21. The van der Waals surface area contributed by atoms with Crippen LogP contribution in [0.15, 0.2) is 53.7 Å². The van der Waals surface area contributed by atoms with Gasteiger partial charge in [0.15, 0.2) is 5.82 Å². The number of benzene rings is 1. The molecule has 7 nitrogen and oxygen atoms in total. The van der Waals surface area contributed by atoms with Crippen LogP contribution in [0.25, 0.3) is 0 Å². The molecule has 1 aliphatic carbocycles. The second kappa shape index (κ2) is 8.57. The SMILES string of the molecule is O=C(NCCc1ccccc1)N1CCC2(C1)Nc1cccnc1NC2=NC1CCCC1. The number of likely N-dealkylation sites (tertiary alicyclic amines) is 1. The Morgan fingerprint density at radius 3 is 2.87 bits per heavy atom. The first-order valence-electron chi connectivity index (χ1n) is 11.4. The number of amides is 2. The van der Waals surface area contributed by atoms with Gasteiger partial charge >= 0.3 is 6.03 Å². The first-order valence-corrected chi connectivity index (χ1v) is 11.4. The van der Waals surface area contributed by atoms with E-state index in [4.69, 9.17) is 4.99 Å². The van der Waals surface area contributed by atoms with E-state index >= 15 is 0 Å². The zero-order valence-electron chi connectivity index (χ0n) is 17.8. The highest BCUT2D eigenvalue weighted by atomic mass is 16.2. The second-order valence-electron chi connectivity index (χ2n) is 8.79. The topological polar surface area (TPSA) is 81.7 Å². The molecule has 1 saturated carbocycles. The van der Waals surface area contributed by atoms with Gasteiger partial charge in [-0.15, -0.1) is 0 Å². The van der Waals surface area contributed by atoms with Crippen LogP contribution in [0.2, 0.25) is 0 Å². The van der Waals surface area contributed by atoms with Crippen molar-refractivity contribution in [1.29, 1.82) is 0 Å². The number of rotatable bonds is 4. The van der Waals surface area contributed by atoms with Gasteiger partial charge in [-0.1, -0.05) is 43.2 Å². The van der Waals surface area contributed by atoms with Gasteiger partial charge in [0, 0.05) is 19.3 Å². The number of nitrogens with zero attached hydrogens (tertiary/aromatic N) is 3. The van der Waals surface area contributed by atoms with Crippen molar-refractivity contribution in [3.8, 4) is 0 Å². The highest BCUT2D eigenvalue weighted by Gasteiger charge is 2.47. The minimum absolute atomic E-state index is 0.00759. The fraction of sp³-hybridized carbons (Fsp3) is 0.458. The molecule has 1 aromatic carbocycles. The number of aliphatic imine (C=N–C) groups is 1. The Morgan fingerprint density at radius 1 is 1.19 bits per heavy atom. The number of carbonyl (C=O) groups is 1. The lowest BCUT2D eigenvalue weighted by Crippen LogP contribution is -2.56. The normalized spacial score (nSPS) is 24.1.